The minimum Gasteiger partial charge on any atom is -0.387 e. The van der Waals surface area contributed by atoms with E-state index in [0.717, 1.165) is 36.0 Å². The second-order valence-corrected chi connectivity index (χ2v) is 6.65. The summed E-state index contributed by atoms with van der Waals surface area (Å²) in [6.45, 7) is 6.10. The first kappa shape index (κ1) is 13.9. The lowest BCUT2D eigenvalue weighted by molar-refractivity contribution is -0.0449. The molecule has 0 aliphatic carbocycles. The van der Waals surface area contributed by atoms with Crippen LogP contribution < -0.4 is 0 Å². The maximum atomic E-state index is 10.9. The van der Waals surface area contributed by atoms with Crippen molar-refractivity contribution in [1.29, 1.82) is 0 Å². The molecule has 2 aromatic rings. The zero-order valence-corrected chi connectivity index (χ0v) is 12.7. The summed E-state index contributed by atoms with van der Waals surface area (Å²) in [6, 6.07) is 10.4. The number of benzene rings is 1. The van der Waals surface area contributed by atoms with Crippen LogP contribution in [0, 0.1) is 11.8 Å². The molecule has 5 rings (SSSR count). The Morgan fingerprint density at radius 3 is 3.00 bits per heavy atom. The van der Waals surface area contributed by atoms with Gasteiger partial charge >= 0.3 is 0 Å². The number of pyridine rings is 1. The Morgan fingerprint density at radius 2 is 2.23 bits per heavy atom. The van der Waals surface area contributed by atoms with Crippen LogP contribution >= 0.6 is 0 Å². The number of aromatic nitrogens is 1. The van der Waals surface area contributed by atoms with Crippen molar-refractivity contribution in [2.24, 2.45) is 11.8 Å². The fraction of sp³-hybridized carbons (Fsp3) is 0.421. The highest BCUT2D eigenvalue weighted by Crippen LogP contribution is 2.41. The number of piperidine rings is 3. The van der Waals surface area contributed by atoms with Crippen LogP contribution in [-0.4, -0.2) is 34.1 Å². The predicted molar refractivity (Wildman–Crippen MR) is 88.5 cm³/mol. The molecule has 5 unspecified atom stereocenters. The summed E-state index contributed by atoms with van der Waals surface area (Å²) in [5.41, 5.74) is 1.92. The van der Waals surface area contributed by atoms with Crippen molar-refractivity contribution in [2.45, 2.75) is 25.0 Å². The molecule has 22 heavy (non-hydrogen) atoms. The molecule has 114 valence electrons. The third-order valence-electron chi connectivity index (χ3n) is 5.47. The lowest BCUT2D eigenvalue weighted by Crippen LogP contribution is -2.54. The van der Waals surface area contributed by atoms with Crippen LogP contribution in [0.25, 0.3) is 10.9 Å². The Bertz CT molecular complexity index is 699. The van der Waals surface area contributed by atoms with Crippen LogP contribution in [0.3, 0.4) is 0 Å². The Morgan fingerprint density at radius 1 is 1.36 bits per heavy atom. The van der Waals surface area contributed by atoms with E-state index in [1.807, 2.05) is 24.4 Å². The van der Waals surface area contributed by atoms with Crippen molar-refractivity contribution in [3.05, 3.63) is 54.7 Å². The fourth-order valence-electron chi connectivity index (χ4n) is 4.18. The van der Waals surface area contributed by atoms with Crippen molar-refractivity contribution in [1.82, 2.24) is 9.88 Å². The van der Waals surface area contributed by atoms with Crippen LogP contribution in [0.15, 0.2) is 49.2 Å². The number of fused-ring (bicyclic) bond motifs is 4. The summed E-state index contributed by atoms with van der Waals surface area (Å²) < 4.78 is 0. The highest BCUT2D eigenvalue weighted by molar-refractivity contribution is 5.78. The first-order valence-corrected chi connectivity index (χ1v) is 8.15. The SMILES string of the molecule is C=CC1CN2CCC1CC2C(O)c1cnc2ccccc2c1. The molecule has 1 aromatic heterocycles. The summed E-state index contributed by atoms with van der Waals surface area (Å²) in [5.74, 6) is 1.27. The van der Waals surface area contributed by atoms with Gasteiger partial charge in [0, 0.05) is 29.7 Å². The van der Waals surface area contributed by atoms with Crippen LogP contribution in [0.1, 0.15) is 24.5 Å². The highest BCUT2D eigenvalue weighted by atomic mass is 16.3. The standard InChI is InChI=1S/C19H22N2O/c1-2-13-12-21-8-7-14(13)10-18(21)19(22)16-9-15-5-3-4-6-17(15)20-11-16/h2-6,9,11,13-14,18-19,22H,1,7-8,10,12H2. The summed E-state index contributed by atoms with van der Waals surface area (Å²) in [6.07, 6.45) is 5.77. The van der Waals surface area contributed by atoms with E-state index in [9.17, 15) is 5.11 Å². The van der Waals surface area contributed by atoms with Crippen molar-refractivity contribution < 1.29 is 5.11 Å². The quantitative estimate of drug-likeness (QED) is 0.883. The number of rotatable bonds is 3. The number of hydrogen-bond donors (Lipinski definition) is 1. The van der Waals surface area contributed by atoms with Crippen molar-refractivity contribution in [2.75, 3.05) is 13.1 Å². The van der Waals surface area contributed by atoms with Crippen LogP contribution in [0.4, 0.5) is 0 Å². The number of nitrogens with zero attached hydrogens (tertiary/aromatic N) is 2. The maximum absolute atomic E-state index is 10.9. The van der Waals surface area contributed by atoms with Gasteiger partial charge in [-0.2, -0.15) is 0 Å². The molecule has 0 radical (unpaired) electrons. The Balaban J connectivity index is 1.61. The minimum atomic E-state index is -0.453. The third kappa shape index (κ3) is 2.25. The average molecular weight is 294 g/mol. The van der Waals surface area contributed by atoms with E-state index in [2.05, 4.69) is 34.7 Å². The summed E-state index contributed by atoms with van der Waals surface area (Å²) in [5, 5.41) is 12.0. The van der Waals surface area contributed by atoms with Gasteiger partial charge in [0.1, 0.15) is 0 Å². The van der Waals surface area contributed by atoms with Crippen molar-refractivity contribution in [3.63, 3.8) is 0 Å². The van der Waals surface area contributed by atoms with Gasteiger partial charge in [-0.15, -0.1) is 6.58 Å². The van der Waals surface area contributed by atoms with Gasteiger partial charge in [0.2, 0.25) is 0 Å². The molecule has 3 aliphatic heterocycles. The Kier molecular flexibility index (Phi) is 3.47. The number of para-hydroxylation sites is 1. The van der Waals surface area contributed by atoms with Gasteiger partial charge in [-0.3, -0.25) is 9.88 Å². The normalized spacial score (nSPS) is 32.0. The zero-order valence-electron chi connectivity index (χ0n) is 12.7. The largest absolute Gasteiger partial charge is 0.387 e. The Hall–Kier alpha value is -1.71. The maximum Gasteiger partial charge on any atom is 0.0960 e. The van der Waals surface area contributed by atoms with E-state index < -0.39 is 6.10 Å². The summed E-state index contributed by atoms with van der Waals surface area (Å²) >= 11 is 0. The van der Waals surface area contributed by atoms with Gasteiger partial charge in [-0.25, -0.2) is 0 Å². The number of aliphatic hydroxyl groups excluding tert-OH is 1. The molecule has 0 spiro atoms. The third-order valence-corrected chi connectivity index (χ3v) is 5.47. The molecule has 0 saturated carbocycles. The summed E-state index contributed by atoms with van der Waals surface area (Å²) in [7, 11) is 0. The predicted octanol–water partition coefficient (Wildman–Crippen LogP) is 3.16. The molecule has 5 atom stereocenters. The molecular formula is C19H22N2O. The fourth-order valence-corrected chi connectivity index (χ4v) is 4.18. The smallest absolute Gasteiger partial charge is 0.0960 e. The van der Waals surface area contributed by atoms with Gasteiger partial charge in [0.05, 0.1) is 11.6 Å². The first-order valence-electron chi connectivity index (χ1n) is 8.15. The van der Waals surface area contributed by atoms with E-state index in [1.54, 1.807) is 0 Å². The minimum absolute atomic E-state index is 0.220. The second-order valence-electron chi connectivity index (χ2n) is 6.65. The van der Waals surface area contributed by atoms with E-state index in [-0.39, 0.29) is 6.04 Å². The molecule has 1 N–H and O–H groups in total. The van der Waals surface area contributed by atoms with E-state index in [4.69, 9.17) is 0 Å². The molecule has 1 aromatic carbocycles. The lowest BCUT2D eigenvalue weighted by atomic mass is 9.74. The topological polar surface area (TPSA) is 36.4 Å². The molecule has 3 fully saturated rings. The van der Waals surface area contributed by atoms with Gasteiger partial charge in [0.15, 0.2) is 0 Å². The van der Waals surface area contributed by atoms with Crippen LogP contribution in [-0.2, 0) is 0 Å². The molecule has 4 heterocycles. The van der Waals surface area contributed by atoms with Gasteiger partial charge in [-0.05, 0) is 43.4 Å². The Labute approximate surface area is 131 Å². The second kappa shape index (κ2) is 5.49. The zero-order chi connectivity index (χ0) is 15.1. The first-order chi connectivity index (χ1) is 10.8. The molecule has 0 amide bonds. The highest BCUT2D eigenvalue weighted by Gasteiger charge is 2.42. The monoisotopic (exact) mass is 294 g/mol. The van der Waals surface area contributed by atoms with Crippen molar-refractivity contribution >= 4 is 10.9 Å². The van der Waals surface area contributed by atoms with E-state index in [1.165, 1.54) is 6.42 Å². The molecular weight excluding hydrogens is 272 g/mol. The van der Waals surface area contributed by atoms with Crippen molar-refractivity contribution in [3.8, 4) is 0 Å². The van der Waals surface area contributed by atoms with Gasteiger partial charge in [0.25, 0.3) is 0 Å². The number of hydrogen-bond acceptors (Lipinski definition) is 3. The van der Waals surface area contributed by atoms with E-state index in [0.29, 0.717) is 11.8 Å². The molecule has 2 bridgehead atoms. The van der Waals surface area contributed by atoms with Crippen LogP contribution in [0.2, 0.25) is 0 Å². The molecule has 3 saturated heterocycles. The molecule has 3 aliphatic rings. The molecule has 3 heteroatoms. The lowest BCUT2D eigenvalue weighted by Gasteiger charge is -2.50. The molecule has 3 nitrogen and oxygen atoms in total. The van der Waals surface area contributed by atoms with E-state index >= 15 is 0 Å². The van der Waals surface area contributed by atoms with Crippen LogP contribution in [0.5, 0.6) is 0 Å². The number of aliphatic hydroxyl groups is 1. The van der Waals surface area contributed by atoms with Gasteiger partial charge in [-0.1, -0.05) is 24.3 Å². The van der Waals surface area contributed by atoms with Gasteiger partial charge < -0.3 is 5.11 Å². The average Bonchev–Trinajstić information content (AvgIpc) is 2.60. The summed E-state index contributed by atoms with van der Waals surface area (Å²) in [4.78, 5) is 6.93.